The van der Waals surface area contributed by atoms with Crippen molar-refractivity contribution in [1.29, 1.82) is 0 Å². The fourth-order valence-corrected chi connectivity index (χ4v) is 2.31. The molecule has 1 aromatic rings. The van der Waals surface area contributed by atoms with Gasteiger partial charge in [-0.2, -0.15) is 0 Å². The standard InChI is InChI=1S/C13H17ClN2O2/c1-2-9-8-18-7-6-16(9)13(17)10-4-3-5-11(14)12(10)15/h3-5,9H,2,6-8,15H2,1H3. The average Bonchev–Trinajstić information content (AvgIpc) is 2.41. The second-order valence-electron chi connectivity index (χ2n) is 4.34. The molecule has 0 bridgehead atoms. The molecule has 2 N–H and O–H groups in total. The maximum Gasteiger partial charge on any atom is 0.256 e. The van der Waals surface area contributed by atoms with Gasteiger partial charge in [0.05, 0.1) is 35.5 Å². The molecule has 1 heterocycles. The average molecular weight is 269 g/mol. The van der Waals surface area contributed by atoms with Gasteiger partial charge in [0.15, 0.2) is 0 Å². The van der Waals surface area contributed by atoms with Crippen LogP contribution in [-0.2, 0) is 4.74 Å². The Labute approximate surface area is 112 Å². The number of hydrogen-bond acceptors (Lipinski definition) is 3. The van der Waals surface area contributed by atoms with Crippen LogP contribution in [0.15, 0.2) is 18.2 Å². The number of nitrogen functional groups attached to an aromatic ring is 1. The second kappa shape index (κ2) is 5.59. The number of halogens is 1. The molecule has 1 amide bonds. The molecular weight excluding hydrogens is 252 g/mol. The van der Waals surface area contributed by atoms with E-state index >= 15 is 0 Å². The molecule has 0 saturated carbocycles. The second-order valence-corrected chi connectivity index (χ2v) is 4.74. The van der Waals surface area contributed by atoms with Crippen molar-refractivity contribution in [3.05, 3.63) is 28.8 Å². The molecule has 1 aliphatic rings. The molecule has 1 aliphatic heterocycles. The number of amides is 1. The molecule has 1 aromatic carbocycles. The van der Waals surface area contributed by atoms with Crippen molar-refractivity contribution in [2.45, 2.75) is 19.4 Å². The highest BCUT2D eigenvalue weighted by molar-refractivity contribution is 6.33. The van der Waals surface area contributed by atoms with Crippen LogP contribution in [0.4, 0.5) is 5.69 Å². The normalized spacial score (nSPS) is 19.9. The summed E-state index contributed by atoms with van der Waals surface area (Å²) in [6.07, 6.45) is 0.867. The van der Waals surface area contributed by atoms with Gasteiger partial charge in [0, 0.05) is 6.54 Å². The van der Waals surface area contributed by atoms with Crippen molar-refractivity contribution in [3.63, 3.8) is 0 Å². The Morgan fingerprint density at radius 1 is 1.61 bits per heavy atom. The van der Waals surface area contributed by atoms with Crippen molar-refractivity contribution in [1.82, 2.24) is 4.90 Å². The largest absolute Gasteiger partial charge is 0.397 e. The molecule has 1 atom stereocenters. The van der Waals surface area contributed by atoms with Crippen LogP contribution in [0.5, 0.6) is 0 Å². The fraction of sp³-hybridized carbons (Fsp3) is 0.462. The highest BCUT2D eigenvalue weighted by Crippen LogP contribution is 2.25. The smallest absolute Gasteiger partial charge is 0.256 e. The lowest BCUT2D eigenvalue weighted by atomic mass is 10.1. The summed E-state index contributed by atoms with van der Waals surface area (Å²) in [6, 6.07) is 5.26. The number of hydrogen-bond donors (Lipinski definition) is 1. The van der Waals surface area contributed by atoms with Crippen LogP contribution >= 0.6 is 11.6 Å². The molecule has 2 rings (SSSR count). The van der Waals surface area contributed by atoms with Crippen LogP contribution in [-0.4, -0.2) is 36.6 Å². The van der Waals surface area contributed by atoms with Crippen LogP contribution in [0.3, 0.4) is 0 Å². The molecule has 5 heteroatoms. The Bertz CT molecular complexity index is 451. The van der Waals surface area contributed by atoms with Gasteiger partial charge in [0.1, 0.15) is 0 Å². The van der Waals surface area contributed by atoms with E-state index in [-0.39, 0.29) is 11.9 Å². The highest BCUT2D eigenvalue weighted by Gasteiger charge is 2.28. The molecule has 4 nitrogen and oxygen atoms in total. The van der Waals surface area contributed by atoms with E-state index in [2.05, 4.69) is 0 Å². The van der Waals surface area contributed by atoms with Crippen molar-refractivity contribution < 1.29 is 9.53 Å². The number of carbonyl (C=O) groups is 1. The van der Waals surface area contributed by atoms with E-state index in [0.717, 1.165) is 6.42 Å². The predicted molar refractivity (Wildman–Crippen MR) is 71.8 cm³/mol. The van der Waals surface area contributed by atoms with Crippen molar-refractivity contribution in [2.24, 2.45) is 0 Å². The number of benzene rings is 1. The van der Waals surface area contributed by atoms with Crippen LogP contribution in [0.25, 0.3) is 0 Å². The van der Waals surface area contributed by atoms with Gasteiger partial charge in [-0.05, 0) is 18.6 Å². The fourth-order valence-electron chi connectivity index (χ4n) is 2.14. The van der Waals surface area contributed by atoms with Gasteiger partial charge in [0.25, 0.3) is 5.91 Å². The minimum absolute atomic E-state index is 0.0647. The van der Waals surface area contributed by atoms with Gasteiger partial charge in [-0.25, -0.2) is 0 Å². The predicted octanol–water partition coefficient (Wildman–Crippen LogP) is 2.17. The number of carbonyl (C=O) groups excluding carboxylic acids is 1. The first kappa shape index (κ1) is 13.2. The molecule has 0 aromatic heterocycles. The number of anilines is 1. The number of nitrogens with zero attached hydrogens (tertiary/aromatic N) is 1. The first-order valence-corrected chi connectivity index (χ1v) is 6.45. The zero-order chi connectivity index (χ0) is 13.1. The van der Waals surface area contributed by atoms with Crippen LogP contribution < -0.4 is 5.73 Å². The van der Waals surface area contributed by atoms with E-state index in [1.165, 1.54) is 0 Å². The Morgan fingerprint density at radius 2 is 2.39 bits per heavy atom. The topological polar surface area (TPSA) is 55.6 Å². The number of ether oxygens (including phenoxy) is 1. The maximum absolute atomic E-state index is 12.5. The number of nitrogens with two attached hydrogens (primary N) is 1. The van der Waals surface area contributed by atoms with Gasteiger partial charge >= 0.3 is 0 Å². The number of morpholine rings is 1. The lowest BCUT2D eigenvalue weighted by Gasteiger charge is -2.35. The Morgan fingerprint density at radius 3 is 3.11 bits per heavy atom. The summed E-state index contributed by atoms with van der Waals surface area (Å²) in [4.78, 5) is 14.3. The van der Waals surface area contributed by atoms with E-state index in [0.29, 0.717) is 36.0 Å². The van der Waals surface area contributed by atoms with E-state index in [1.807, 2.05) is 11.8 Å². The van der Waals surface area contributed by atoms with Crippen LogP contribution in [0, 0.1) is 0 Å². The maximum atomic E-state index is 12.5. The van der Waals surface area contributed by atoms with Crippen LogP contribution in [0.1, 0.15) is 23.7 Å². The lowest BCUT2D eigenvalue weighted by molar-refractivity contribution is -0.00274. The molecule has 0 aliphatic carbocycles. The zero-order valence-electron chi connectivity index (χ0n) is 10.4. The molecule has 1 unspecified atom stereocenters. The van der Waals surface area contributed by atoms with Gasteiger partial charge in [-0.15, -0.1) is 0 Å². The van der Waals surface area contributed by atoms with Crippen LogP contribution in [0.2, 0.25) is 5.02 Å². The van der Waals surface area contributed by atoms with Gasteiger partial charge in [0.2, 0.25) is 0 Å². The minimum Gasteiger partial charge on any atom is -0.397 e. The Hall–Kier alpha value is -1.26. The molecule has 1 fully saturated rings. The van der Waals surface area contributed by atoms with Crippen molar-refractivity contribution >= 4 is 23.2 Å². The van der Waals surface area contributed by atoms with E-state index in [1.54, 1.807) is 18.2 Å². The first-order chi connectivity index (χ1) is 8.65. The van der Waals surface area contributed by atoms with Gasteiger partial charge < -0.3 is 15.4 Å². The molecule has 0 spiro atoms. The van der Waals surface area contributed by atoms with Gasteiger partial charge in [-0.3, -0.25) is 4.79 Å². The number of para-hydroxylation sites is 1. The summed E-state index contributed by atoms with van der Waals surface area (Å²) in [5, 5.41) is 0.419. The first-order valence-electron chi connectivity index (χ1n) is 6.07. The molecule has 0 radical (unpaired) electrons. The van der Waals surface area contributed by atoms with Crippen molar-refractivity contribution in [3.8, 4) is 0 Å². The molecule has 1 saturated heterocycles. The molecule has 98 valence electrons. The van der Waals surface area contributed by atoms with Crippen molar-refractivity contribution in [2.75, 3.05) is 25.5 Å². The third-order valence-corrected chi connectivity index (χ3v) is 3.57. The van der Waals surface area contributed by atoms with E-state index < -0.39 is 0 Å². The SMILES string of the molecule is CCC1COCCN1C(=O)c1cccc(Cl)c1N. The van der Waals surface area contributed by atoms with E-state index in [4.69, 9.17) is 22.1 Å². The monoisotopic (exact) mass is 268 g/mol. The summed E-state index contributed by atoms with van der Waals surface area (Å²) in [5.41, 5.74) is 6.69. The van der Waals surface area contributed by atoms with E-state index in [9.17, 15) is 4.79 Å². The summed E-state index contributed by atoms with van der Waals surface area (Å²) in [5.74, 6) is -0.0647. The third kappa shape index (κ3) is 2.44. The summed E-state index contributed by atoms with van der Waals surface area (Å²) in [6.45, 7) is 3.80. The third-order valence-electron chi connectivity index (χ3n) is 3.24. The summed E-state index contributed by atoms with van der Waals surface area (Å²) < 4.78 is 5.39. The number of rotatable bonds is 2. The Balaban J connectivity index is 2.27. The minimum atomic E-state index is -0.0647. The summed E-state index contributed by atoms with van der Waals surface area (Å²) >= 11 is 5.95. The van der Waals surface area contributed by atoms with Gasteiger partial charge in [-0.1, -0.05) is 24.6 Å². The zero-order valence-corrected chi connectivity index (χ0v) is 11.1. The highest BCUT2D eigenvalue weighted by atomic mass is 35.5. The molecule has 18 heavy (non-hydrogen) atoms. The summed E-state index contributed by atoms with van der Waals surface area (Å²) in [7, 11) is 0. The quantitative estimate of drug-likeness (QED) is 0.837. The Kier molecular flexibility index (Phi) is 4.09. The lowest BCUT2D eigenvalue weighted by Crippen LogP contribution is -2.48. The molecular formula is C13H17ClN2O2.